The SMILES string of the molecule is CCO[C@H]1C[C@H](O)C12CCN(S(=O)(=O)N1CCCCCC1)CC2. The van der Waals surface area contributed by atoms with E-state index in [1.54, 1.807) is 8.61 Å². The summed E-state index contributed by atoms with van der Waals surface area (Å²) < 4.78 is 34.8. The summed E-state index contributed by atoms with van der Waals surface area (Å²) in [6, 6.07) is 0. The number of hydrogen-bond donors (Lipinski definition) is 1. The molecule has 23 heavy (non-hydrogen) atoms. The minimum absolute atomic E-state index is 0.0885. The van der Waals surface area contributed by atoms with Crippen molar-refractivity contribution in [1.82, 2.24) is 8.61 Å². The van der Waals surface area contributed by atoms with Crippen LogP contribution in [0.3, 0.4) is 0 Å². The van der Waals surface area contributed by atoms with Gasteiger partial charge in [-0.25, -0.2) is 0 Å². The molecule has 1 spiro atoms. The van der Waals surface area contributed by atoms with Crippen molar-refractivity contribution < 1.29 is 18.3 Å². The maximum Gasteiger partial charge on any atom is 0.281 e. The molecule has 2 aliphatic heterocycles. The van der Waals surface area contributed by atoms with E-state index in [1.165, 1.54) is 0 Å². The van der Waals surface area contributed by atoms with E-state index < -0.39 is 10.2 Å². The van der Waals surface area contributed by atoms with Crippen LogP contribution in [0.1, 0.15) is 51.9 Å². The normalized spacial score (nSPS) is 33.3. The van der Waals surface area contributed by atoms with Crippen molar-refractivity contribution in [2.24, 2.45) is 5.41 Å². The molecule has 6 nitrogen and oxygen atoms in total. The molecular weight excluding hydrogens is 316 g/mol. The highest BCUT2D eigenvalue weighted by Crippen LogP contribution is 2.51. The Kier molecular flexibility index (Phi) is 5.33. The lowest BCUT2D eigenvalue weighted by molar-refractivity contribution is -0.206. The van der Waals surface area contributed by atoms with E-state index in [0.29, 0.717) is 52.0 Å². The van der Waals surface area contributed by atoms with Crippen molar-refractivity contribution in [3.8, 4) is 0 Å². The van der Waals surface area contributed by atoms with Gasteiger partial charge in [0.05, 0.1) is 12.2 Å². The monoisotopic (exact) mass is 346 g/mol. The van der Waals surface area contributed by atoms with E-state index in [-0.39, 0.29) is 17.6 Å². The number of nitrogens with zero attached hydrogens (tertiary/aromatic N) is 2. The zero-order valence-electron chi connectivity index (χ0n) is 14.1. The third kappa shape index (κ3) is 3.18. The van der Waals surface area contributed by atoms with Gasteiger partial charge in [0.25, 0.3) is 10.2 Å². The van der Waals surface area contributed by atoms with Crippen LogP contribution in [0.15, 0.2) is 0 Å². The van der Waals surface area contributed by atoms with Crippen LogP contribution >= 0.6 is 0 Å². The summed E-state index contributed by atoms with van der Waals surface area (Å²) in [6.07, 6.45) is 6.00. The molecule has 0 bridgehead atoms. The highest BCUT2D eigenvalue weighted by molar-refractivity contribution is 7.86. The van der Waals surface area contributed by atoms with Crippen LogP contribution in [-0.2, 0) is 14.9 Å². The Morgan fingerprint density at radius 3 is 2.13 bits per heavy atom. The first kappa shape index (κ1) is 17.6. The van der Waals surface area contributed by atoms with Gasteiger partial charge < -0.3 is 9.84 Å². The quantitative estimate of drug-likeness (QED) is 0.834. The average Bonchev–Trinajstić information content (AvgIpc) is 2.84. The molecule has 1 saturated carbocycles. The number of aliphatic hydroxyl groups excluding tert-OH is 1. The Balaban J connectivity index is 1.64. The molecule has 1 aliphatic carbocycles. The summed E-state index contributed by atoms with van der Waals surface area (Å²) in [6.45, 7) is 4.91. The van der Waals surface area contributed by atoms with Crippen molar-refractivity contribution in [2.75, 3.05) is 32.8 Å². The Labute approximate surface area is 140 Å². The molecule has 134 valence electrons. The zero-order valence-corrected chi connectivity index (χ0v) is 14.9. The first-order valence-corrected chi connectivity index (χ1v) is 10.5. The maximum absolute atomic E-state index is 12.9. The van der Waals surface area contributed by atoms with Crippen LogP contribution in [0.4, 0.5) is 0 Å². The second-order valence-electron chi connectivity index (χ2n) is 7.15. The summed E-state index contributed by atoms with van der Waals surface area (Å²) in [5.41, 5.74) is -0.221. The molecule has 2 heterocycles. The molecule has 7 heteroatoms. The highest BCUT2D eigenvalue weighted by Gasteiger charge is 2.57. The van der Waals surface area contributed by atoms with E-state index in [9.17, 15) is 13.5 Å². The molecule has 0 unspecified atom stereocenters. The third-order valence-corrected chi connectivity index (χ3v) is 8.02. The van der Waals surface area contributed by atoms with Gasteiger partial charge in [0.1, 0.15) is 0 Å². The van der Waals surface area contributed by atoms with Crippen molar-refractivity contribution in [2.45, 2.75) is 64.1 Å². The largest absolute Gasteiger partial charge is 0.392 e. The van der Waals surface area contributed by atoms with Crippen LogP contribution in [0.2, 0.25) is 0 Å². The molecule has 0 amide bonds. The van der Waals surface area contributed by atoms with E-state index in [0.717, 1.165) is 25.7 Å². The molecule has 2 saturated heterocycles. The second-order valence-corrected chi connectivity index (χ2v) is 9.08. The fourth-order valence-corrected chi connectivity index (χ4v) is 6.08. The van der Waals surface area contributed by atoms with Gasteiger partial charge in [-0.2, -0.15) is 17.0 Å². The predicted octanol–water partition coefficient (Wildman–Crippen LogP) is 1.36. The van der Waals surface area contributed by atoms with E-state index >= 15 is 0 Å². The van der Waals surface area contributed by atoms with Gasteiger partial charge in [-0.1, -0.05) is 12.8 Å². The number of aliphatic hydroxyl groups is 1. The van der Waals surface area contributed by atoms with Crippen molar-refractivity contribution >= 4 is 10.2 Å². The van der Waals surface area contributed by atoms with Gasteiger partial charge in [0.2, 0.25) is 0 Å². The molecular formula is C16H30N2O4S. The Morgan fingerprint density at radius 2 is 1.61 bits per heavy atom. The smallest absolute Gasteiger partial charge is 0.281 e. The summed E-state index contributed by atoms with van der Waals surface area (Å²) >= 11 is 0. The lowest BCUT2D eigenvalue weighted by Crippen LogP contribution is -2.63. The van der Waals surface area contributed by atoms with Crippen LogP contribution in [0, 0.1) is 5.41 Å². The van der Waals surface area contributed by atoms with Gasteiger partial charge in [-0.05, 0) is 32.6 Å². The standard InChI is InChI=1S/C16H30N2O4S/c1-2-22-15-13-14(19)16(15)7-11-18(12-8-16)23(20,21)17-9-5-3-4-6-10-17/h14-15,19H,2-13H2,1H3/t14-,15-/m0/s1. The van der Waals surface area contributed by atoms with E-state index in [2.05, 4.69) is 0 Å². The van der Waals surface area contributed by atoms with Gasteiger partial charge in [0.15, 0.2) is 0 Å². The van der Waals surface area contributed by atoms with Gasteiger partial charge in [-0.15, -0.1) is 0 Å². The summed E-state index contributed by atoms with van der Waals surface area (Å²) in [5, 5.41) is 10.2. The summed E-state index contributed by atoms with van der Waals surface area (Å²) in [5.74, 6) is 0. The van der Waals surface area contributed by atoms with Crippen molar-refractivity contribution in [3.05, 3.63) is 0 Å². The lowest BCUT2D eigenvalue weighted by atomic mass is 9.58. The number of hydrogen-bond acceptors (Lipinski definition) is 4. The Bertz CT molecular complexity index is 492. The van der Waals surface area contributed by atoms with Crippen molar-refractivity contribution in [1.29, 1.82) is 0 Å². The average molecular weight is 346 g/mol. The van der Waals surface area contributed by atoms with Crippen LogP contribution in [0.5, 0.6) is 0 Å². The topological polar surface area (TPSA) is 70.1 Å². The summed E-state index contributed by atoms with van der Waals surface area (Å²) in [4.78, 5) is 0. The fraction of sp³-hybridized carbons (Fsp3) is 1.00. The zero-order chi connectivity index (χ0) is 16.5. The summed E-state index contributed by atoms with van der Waals surface area (Å²) in [7, 11) is -3.35. The molecule has 0 aromatic carbocycles. The van der Waals surface area contributed by atoms with Gasteiger partial charge >= 0.3 is 0 Å². The molecule has 0 radical (unpaired) electrons. The van der Waals surface area contributed by atoms with Crippen LogP contribution < -0.4 is 0 Å². The fourth-order valence-electron chi connectivity index (χ4n) is 4.39. The minimum Gasteiger partial charge on any atom is -0.392 e. The van der Waals surface area contributed by atoms with Crippen molar-refractivity contribution in [3.63, 3.8) is 0 Å². The predicted molar refractivity (Wildman–Crippen MR) is 88.2 cm³/mol. The van der Waals surface area contributed by atoms with Gasteiger partial charge in [-0.3, -0.25) is 0 Å². The van der Waals surface area contributed by atoms with Crippen LogP contribution in [0.25, 0.3) is 0 Å². The Morgan fingerprint density at radius 1 is 1.04 bits per heavy atom. The van der Waals surface area contributed by atoms with Crippen LogP contribution in [-0.4, -0.2) is 67.1 Å². The Hall–Kier alpha value is -0.210. The number of rotatable bonds is 4. The van der Waals surface area contributed by atoms with E-state index in [4.69, 9.17) is 4.74 Å². The molecule has 3 fully saturated rings. The van der Waals surface area contributed by atoms with E-state index in [1.807, 2.05) is 6.92 Å². The molecule has 0 aromatic heterocycles. The first-order valence-electron chi connectivity index (χ1n) is 9.05. The highest BCUT2D eigenvalue weighted by atomic mass is 32.2. The lowest BCUT2D eigenvalue weighted by Gasteiger charge is -2.56. The molecule has 3 aliphatic rings. The molecule has 3 rings (SSSR count). The second kappa shape index (κ2) is 6.96. The first-order chi connectivity index (χ1) is 11.0. The minimum atomic E-state index is -3.35. The third-order valence-electron chi connectivity index (χ3n) is 5.98. The number of piperidine rings is 1. The maximum atomic E-state index is 12.9. The molecule has 2 atom stereocenters. The molecule has 0 aromatic rings. The number of ether oxygens (including phenoxy) is 1. The van der Waals surface area contributed by atoms with Gasteiger partial charge in [0, 0.05) is 44.6 Å². The molecule has 1 N–H and O–H groups in total.